The van der Waals surface area contributed by atoms with E-state index in [1.807, 2.05) is 0 Å². The molecule has 0 aliphatic heterocycles. The van der Waals surface area contributed by atoms with Crippen molar-refractivity contribution >= 4 is 17.6 Å². The minimum absolute atomic E-state index is 0.0646. The van der Waals surface area contributed by atoms with Gasteiger partial charge in [0.15, 0.2) is 6.61 Å². The van der Waals surface area contributed by atoms with Crippen molar-refractivity contribution in [2.24, 2.45) is 0 Å². The lowest BCUT2D eigenvalue weighted by atomic mass is 9.92. The molecule has 0 amide bonds. The Morgan fingerprint density at radius 3 is 2.14 bits per heavy atom. The summed E-state index contributed by atoms with van der Waals surface area (Å²) in [5.74, 6) is -2.68. The number of aliphatic carboxylic acids is 1. The molecule has 0 saturated heterocycles. The fourth-order valence-electron chi connectivity index (χ4n) is 2.69. The van der Waals surface area contributed by atoms with Crippen molar-refractivity contribution in [1.29, 1.82) is 0 Å². The van der Waals surface area contributed by atoms with Crippen LogP contribution in [0.2, 0.25) is 5.02 Å². The third kappa shape index (κ3) is 5.79. The van der Waals surface area contributed by atoms with Gasteiger partial charge in [0.25, 0.3) is 0 Å². The summed E-state index contributed by atoms with van der Waals surface area (Å²) in [6.45, 7) is -0.0894. The molecule has 0 aliphatic carbocycles. The molecule has 3 nitrogen and oxygen atoms in total. The number of benzene rings is 2. The van der Waals surface area contributed by atoms with Gasteiger partial charge in [-0.25, -0.2) is 0 Å². The van der Waals surface area contributed by atoms with Gasteiger partial charge in [-0.1, -0.05) is 30.7 Å². The van der Waals surface area contributed by atoms with E-state index in [2.05, 4.69) is 0 Å². The molecule has 29 heavy (non-hydrogen) atoms. The van der Waals surface area contributed by atoms with Crippen LogP contribution in [0.15, 0.2) is 36.4 Å². The highest BCUT2D eigenvalue weighted by molar-refractivity contribution is 6.34. The zero-order valence-electron chi connectivity index (χ0n) is 14.9. The molecule has 2 rings (SSSR count). The van der Waals surface area contributed by atoms with Crippen LogP contribution in [0, 0.1) is 0 Å². The molecule has 2 aromatic carbocycles. The second-order valence-corrected chi connectivity index (χ2v) is 6.54. The standard InChI is InChI=1S/C19H15ClF6O3/c1-2-13(17(27)28)11-7-14(10-3-5-12(6-4-10)19(24,25)26)16(20)15(8-11)29-9-18(21,22)23/h3-8,13H,2,9H2,1H3,(H,27,28). The van der Waals surface area contributed by atoms with Gasteiger partial charge in [0.1, 0.15) is 5.75 Å². The van der Waals surface area contributed by atoms with E-state index >= 15 is 0 Å². The lowest BCUT2D eigenvalue weighted by Gasteiger charge is -2.18. The number of carbonyl (C=O) groups is 1. The van der Waals surface area contributed by atoms with Crippen molar-refractivity contribution in [3.8, 4) is 16.9 Å². The first kappa shape index (κ1) is 22.9. The summed E-state index contributed by atoms with van der Waals surface area (Å²) >= 11 is 6.14. The highest BCUT2D eigenvalue weighted by Crippen LogP contribution is 2.40. The maximum absolute atomic E-state index is 12.8. The minimum atomic E-state index is -4.66. The molecule has 0 saturated carbocycles. The number of hydrogen-bond acceptors (Lipinski definition) is 2. The second-order valence-electron chi connectivity index (χ2n) is 6.16. The first-order chi connectivity index (χ1) is 13.3. The van der Waals surface area contributed by atoms with Crippen molar-refractivity contribution in [3.05, 3.63) is 52.5 Å². The number of alkyl halides is 6. The van der Waals surface area contributed by atoms with Gasteiger partial charge in [-0.05, 0) is 41.8 Å². The summed E-state index contributed by atoms with van der Waals surface area (Å²) < 4.78 is 80.6. The Hall–Kier alpha value is -2.42. The number of rotatable bonds is 6. The molecule has 0 aliphatic rings. The number of carboxylic acid groups (broad SMARTS) is 1. The third-order valence-electron chi connectivity index (χ3n) is 4.08. The van der Waals surface area contributed by atoms with Crippen LogP contribution in [-0.2, 0) is 11.0 Å². The molecule has 0 bridgehead atoms. The maximum atomic E-state index is 12.8. The summed E-state index contributed by atoms with van der Waals surface area (Å²) in [6.07, 6.45) is -9.10. The molecule has 1 unspecified atom stereocenters. The second kappa shape index (κ2) is 8.52. The van der Waals surface area contributed by atoms with Gasteiger partial charge in [-0.3, -0.25) is 4.79 Å². The summed E-state index contributed by atoms with van der Waals surface area (Å²) in [5, 5.41) is 9.09. The normalized spacial score (nSPS) is 13.2. The minimum Gasteiger partial charge on any atom is -0.483 e. The molecule has 10 heteroatoms. The molecule has 158 valence electrons. The number of carboxylic acids is 1. The maximum Gasteiger partial charge on any atom is 0.422 e. The van der Waals surface area contributed by atoms with E-state index in [1.165, 1.54) is 6.07 Å². The highest BCUT2D eigenvalue weighted by Gasteiger charge is 2.31. The smallest absolute Gasteiger partial charge is 0.422 e. The Bertz CT molecular complexity index is 875. The Morgan fingerprint density at radius 2 is 1.69 bits per heavy atom. The molecule has 0 spiro atoms. The Kier molecular flexibility index (Phi) is 6.72. The van der Waals surface area contributed by atoms with Gasteiger partial charge in [-0.2, -0.15) is 26.3 Å². The van der Waals surface area contributed by atoms with Crippen LogP contribution >= 0.6 is 11.6 Å². The number of hydrogen-bond donors (Lipinski definition) is 1. The Morgan fingerprint density at radius 1 is 1.10 bits per heavy atom. The van der Waals surface area contributed by atoms with Crippen LogP contribution in [0.25, 0.3) is 11.1 Å². The average molecular weight is 441 g/mol. The van der Waals surface area contributed by atoms with Crippen molar-refractivity contribution < 1.29 is 41.0 Å². The zero-order valence-corrected chi connectivity index (χ0v) is 15.6. The van der Waals surface area contributed by atoms with Crippen molar-refractivity contribution in [3.63, 3.8) is 0 Å². The molecule has 1 atom stereocenters. The SMILES string of the molecule is CCC(C(=O)O)c1cc(OCC(F)(F)F)c(Cl)c(-c2ccc(C(F)(F)F)cc2)c1. The van der Waals surface area contributed by atoms with Crippen LogP contribution in [0.4, 0.5) is 26.3 Å². The van der Waals surface area contributed by atoms with Gasteiger partial charge >= 0.3 is 18.3 Å². The molecule has 2 aromatic rings. The average Bonchev–Trinajstić information content (AvgIpc) is 2.60. The molecule has 0 radical (unpaired) electrons. The van der Waals surface area contributed by atoms with Crippen LogP contribution in [0.5, 0.6) is 5.75 Å². The van der Waals surface area contributed by atoms with E-state index in [4.69, 9.17) is 16.3 Å². The van der Waals surface area contributed by atoms with Gasteiger partial charge in [0.05, 0.1) is 16.5 Å². The third-order valence-corrected chi connectivity index (χ3v) is 4.47. The van der Waals surface area contributed by atoms with E-state index in [0.717, 1.165) is 30.3 Å². The zero-order chi connectivity index (χ0) is 22.0. The van der Waals surface area contributed by atoms with Gasteiger partial charge in [-0.15, -0.1) is 0 Å². The summed E-state index contributed by atoms with van der Waals surface area (Å²) in [7, 11) is 0. The van der Waals surface area contributed by atoms with Gasteiger partial charge in [0, 0.05) is 5.56 Å². The fraction of sp³-hybridized carbons (Fsp3) is 0.316. The van der Waals surface area contributed by atoms with Crippen LogP contribution in [-0.4, -0.2) is 23.9 Å². The van der Waals surface area contributed by atoms with Gasteiger partial charge in [0.2, 0.25) is 0 Å². The van der Waals surface area contributed by atoms with E-state index in [1.54, 1.807) is 6.92 Å². The predicted octanol–water partition coefficient (Wildman–Crippen LogP) is 6.55. The molecule has 0 heterocycles. The van der Waals surface area contributed by atoms with Crippen molar-refractivity contribution in [2.45, 2.75) is 31.6 Å². The lowest BCUT2D eigenvalue weighted by Crippen LogP contribution is -2.19. The molecule has 1 N–H and O–H groups in total. The van der Waals surface area contributed by atoms with E-state index in [9.17, 15) is 36.2 Å². The Balaban J connectivity index is 2.58. The Labute approximate surface area is 166 Å². The lowest BCUT2D eigenvalue weighted by molar-refractivity contribution is -0.153. The topological polar surface area (TPSA) is 46.5 Å². The molecule has 0 aromatic heterocycles. The summed E-state index contributed by atoms with van der Waals surface area (Å²) in [6, 6.07) is 6.22. The molecular formula is C19H15ClF6O3. The van der Waals surface area contributed by atoms with Crippen molar-refractivity contribution in [1.82, 2.24) is 0 Å². The summed E-state index contributed by atoms with van der Waals surface area (Å²) in [5.41, 5.74) is -0.563. The van der Waals surface area contributed by atoms with Crippen LogP contribution < -0.4 is 4.74 Å². The monoisotopic (exact) mass is 440 g/mol. The first-order valence-corrected chi connectivity index (χ1v) is 8.64. The van der Waals surface area contributed by atoms with E-state index in [-0.39, 0.29) is 28.1 Å². The predicted molar refractivity (Wildman–Crippen MR) is 94.1 cm³/mol. The van der Waals surface area contributed by atoms with E-state index < -0.39 is 42.2 Å². The quantitative estimate of drug-likeness (QED) is 0.518. The molecular weight excluding hydrogens is 426 g/mol. The number of ether oxygens (including phenoxy) is 1. The first-order valence-electron chi connectivity index (χ1n) is 8.27. The fourth-order valence-corrected chi connectivity index (χ4v) is 2.96. The largest absolute Gasteiger partial charge is 0.483 e. The van der Waals surface area contributed by atoms with Crippen LogP contribution in [0.1, 0.15) is 30.4 Å². The van der Waals surface area contributed by atoms with Crippen LogP contribution in [0.3, 0.4) is 0 Å². The highest BCUT2D eigenvalue weighted by atomic mass is 35.5. The van der Waals surface area contributed by atoms with Crippen molar-refractivity contribution in [2.75, 3.05) is 6.61 Å². The molecule has 0 fully saturated rings. The van der Waals surface area contributed by atoms with E-state index in [0.29, 0.717) is 0 Å². The van der Waals surface area contributed by atoms with Gasteiger partial charge < -0.3 is 9.84 Å². The summed E-state index contributed by atoms with van der Waals surface area (Å²) in [4.78, 5) is 11.5. The number of halogens is 7.